The molecule has 2 aromatic carbocycles. The van der Waals surface area contributed by atoms with Gasteiger partial charge in [-0.1, -0.05) is 0 Å². The molecule has 0 saturated carbocycles. The number of aromatic hydroxyl groups is 3. The molecular weight excluding hydrogens is 354 g/mol. The van der Waals surface area contributed by atoms with Gasteiger partial charge in [-0.3, -0.25) is 4.79 Å². The van der Waals surface area contributed by atoms with Gasteiger partial charge in [0.25, 0.3) is 5.91 Å². The lowest BCUT2D eigenvalue weighted by molar-refractivity contribution is 0.0599. The number of phenols is 3. The van der Waals surface area contributed by atoms with E-state index in [2.05, 4.69) is 4.74 Å². The molecule has 0 aliphatic rings. The number of hydrogen-bond donors (Lipinski definition) is 3. The number of nitrogens with zero attached hydrogens (tertiary/aromatic N) is 1. The molecule has 3 N–H and O–H groups in total. The summed E-state index contributed by atoms with van der Waals surface area (Å²) in [6, 6.07) is 7.09. The van der Waals surface area contributed by atoms with Gasteiger partial charge in [0, 0.05) is 12.6 Å². The molecule has 0 fully saturated rings. The molecule has 144 valence electrons. The number of carbonyl (C=O) groups excluding carboxylic acids is 2. The number of carbonyl (C=O) groups is 2. The number of benzene rings is 2. The molecule has 2 rings (SSSR count). The average molecular weight is 375 g/mol. The van der Waals surface area contributed by atoms with Crippen LogP contribution in [0.3, 0.4) is 0 Å². The van der Waals surface area contributed by atoms with Crippen molar-refractivity contribution in [2.24, 2.45) is 0 Å². The predicted octanol–water partition coefficient (Wildman–Crippen LogP) is 2.05. The van der Waals surface area contributed by atoms with E-state index in [0.717, 1.165) is 12.1 Å². The molecule has 0 atom stereocenters. The molecule has 1 amide bonds. The Morgan fingerprint density at radius 3 is 2.26 bits per heavy atom. The molecule has 2 aromatic rings. The first kappa shape index (κ1) is 19.9. The van der Waals surface area contributed by atoms with Crippen LogP contribution in [0.2, 0.25) is 0 Å². The van der Waals surface area contributed by atoms with Gasteiger partial charge in [0.1, 0.15) is 12.4 Å². The van der Waals surface area contributed by atoms with Gasteiger partial charge in [-0.25, -0.2) is 4.79 Å². The van der Waals surface area contributed by atoms with Gasteiger partial charge in [0.2, 0.25) is 0 Å². The molecule has 0 aliphatic carbocycles. The first-order valence-electron chi connectivity index (χ1n) is 8.06. The van der Waals surface area contributed by atoms with Crippen molar-refractivity contribution in [3.63, 3.8) is 0 Å². The van der Waals surface area contributed by atoms with Gasteiger partial charge in [-0.05, 0) is 42.8 Å². The third-order valence-electron chi connectivity index (χ3n) is 3.96. The van der Waals surface area contributed by atoms with Crippen molar-refractivity contribution < 1.29 is 34.4 Å². The van der Waals surface area contributed by atoms with Crippen LogP contribution in [-0.2, 0) is 4.74 Å². The van der Waals surface area contributed by atoms with Crippen LogP contribution in [0.15, 0.2) is 30.3 Å². The van der Waals surface area contributed by atoms with Crippen LogP contribution in [0, 0.1) is 6.92 Å². The summed E-state index contributed by atoms with van der Waals surface area (Å²) >= 11 is 0. The van der Waals surface area contributed by atoms with Gasteiger partial charge >= 0.3 is 5.97 Å². The number of methoxy groups -OCH3 is 1. The zero-order chi connectivity index (χ0) is 20.1. The van der Waals surface area contributed by atoms with Crippen LogP contribution in [0.4, 0.5) is 0 Å². The van der Waals surface area contributed by atoms with Gasteiger partial charge in [-0.2, -0.15) is 0 Å². The zero-order valence-corrected chi connectivity index (χ0v) is 15.2. The molecule has 8 heteroatoms. The van der Waals surface area contributed by atoms with Gasteiger partial charge in [0.15, 0.2) is 17.2 Å². The lowest BCUT2D eigenvalue weighted by Gasteiger charge is -2.18. The Kier molecular flexibility index (Phi) is 6.12. The molecule has 0 bridgehead atoms. The van der Waals surface area contributed by atoms with Gasteiger partial charge in [0.05, 0.1) is 19.2 Å². The minimum Gasteiger partial charge on any atom is -0.504 e. The molecule has 0 spiro atoms. The average Bonchev–Trinajstić information content (AvgIpc) is 2.64. The highest BCUT2D eigenvalue weighted by Gasteiger charge is 2.17. The summed E-state index contributed by atoms with van der Waals surface area (Å²) in [5.74, 6) is -2.18. The number of rotatable bonds is 6. The fraction of sp³-hybridized carbons (Fsp3) is 0.263. The molecular formula is C19H21NO7. The van der Waals surface area contributed by atoms with Crippen LogP contribution < -0.4 is 4.74 Å². The molecule has 0 radical (unpaired) electrons. The van der Waals surface area contributed by atoms with Crippen LogP contribution in [0.5, 0.6) is 23.0 Å². The highest BCUT2D eigenvalue weighted by atomic mass is 16.5. The second kappa shape index (κ2) is 8.31. The summed E-state index contributed by atoms with van der Waals surface area (Å²) in [5, 5.41) is 28.3. The topological polar surface area (TPSA) is 117 Å². The number of likely N-dealkylation sites (N-methyl/N-ethyl adjacent to an activating group) is 1. The Labute approximate surface area is 156 Å². The van der Waals surface area contributed by atoms with Gasteiger partial charge in [-0.15, -0.1) is 0 Å². The predicted molar refractivity (Wildman–Crippen MR) is 96.4 cm³/mol. The highest BCUT2D eigenvalue weighted by molar-refractivity contribution is 5.95. The van der Waals surface area contributed by atoms with E-state index in [4.69, 9.17) is 4.74 Å². The standard InChI is InChI=1S/C19H21NO7/c1-11-8-13(4-5-14(11)19(25)26-3)27-7-6-20(2)18(24)12-9-15(21)17(23)16(22)10-12/h4-5,8-10,21-23H,6-7H2,1-3H3. The SMILES string of the molecule is COC(=O)c1ccc(OCCN(C)C(=O)c2cc(O)c(O)c(O)c2)cc1C. The maximum atomic E-state index is 12.3. The molecule has 0 unspecified atom stereocenters. The summed E-state index contributed by atoms with van der Waals surface area (Å²) < 4.78 is 10.3. The maximum absolute atomic E-state index is 12.3. The largest absolute Gasteiger partial charge is 0.504 e. The number of ether oxygens (including phenoxy) is 2. The van der Waals surface area contributed by atoms with Crippen molar-refractivity contribution in [1.82, 2.24) is 4.90 Å². The molecule has 0 heterocycles. The third-order valence-corrected chi connectivity index (χ3v) is 3.96. The smallest absolute Gasteiger partial charge is 0.338 e. The number of hydrogen-bond acceptors (Lipinski definition) is 7. The van der Waals surface area contributed by atoms with E-state index in [-0.39, 0.29) is 18.7 Å². The Morgan fingerprint density at radius 2 is 1.70 bits per heavy atom. The van der Waals surface area contributed by atoms with Crippen LogP contribution in [0.25, 0.3) is 0 Å². The summed E-state index contributed by atoms with van der Waals surface area (Å²) in [5.41, 5.74) is 1.19. The normalized spacial score (nSPS) is 10.3. The van der Waals surface area contributed by atoms with Crippen LogP contribution in [0.1, 0.15) is 26.3 Å². The van der Waals surface area contributed by atoms with Crippen molar-refractivity contribution in [1.29, 1.82) is 0 Å². The van der Waals surface area contributed by atoms with E-state index in [0.29, 0.717) is 16.9 Å². The third kappa shape index (κ3) is 4.60. The summed E-state index contributed by atoms with van der Waals surface area (Å²) in [4.78, 5) is 25.2. The van der Waals surface area contributed by atoms with E-state index in [1.165, 1.54) is 19.1 Å². The minimum absolute atomic E-state index is 0.0311. The van der Waals surface area contributed by atoms with Crippen molar-refractivity contribution in [3.05, 3.63) is 47.0 Å². The second-order valence-electron chi connectivity index (χ2n) is 5.91. The van der Waals surface area contributed by atoms with Crippen molar-refractivity contribution in [2.45, 2.75) is 6.92 Å². The van der Waals surface area contributed by atoms with E-state index in [9.17, 15) is 24.9 Å². The monoisotopic (exact) mass is 375 g/mol. The lowest BCUT2D eigenvalue weighted by Crippen LogP contribution is -2.30. The Balaban J connectivity index is 1.96. The maximum Gasteiger partial charge on any atom is 0.338 e. The van der Waals surface area contributed by atoms with Crippen LogP contribution >= 0.6 is 0 Å². The summed E-state index contributed by atoms with van der Waals surface area (Å²) in [6.07, 6.45) is 0. The van der Waals surface area contributed by atoms with Gasteiger partial charge < -0.3 is 29.7 Å². The van der Waals surface area contributed by atoms with E-state index in [1.807, 2.05) is 0 Å². The highest BCUT2D eigenvalue weighted by Crippen LogP contribution is 2.35. The van der Waals surface area contributed by atoms with Crippen LogP contribution in [-0.4, -0.2) is 59.4 Å². The molecule has 27 heavy (non-hydrogen) atoms. The number of phenolic OH excluding ortho intramolecular Hbond substituents is 3. The van der Waals surface area contributed by atoms with E-state index >= 15 is 0 Å². The second-order valence-corrected chi connectivity index (χ2v) is 5.91. The van der Waals surface area contributed by atoms with Crippen molar-refractivity contribution in [2.75, 3.05) is 27.3 Å². The Morgan fingerprint density at radius 1 is 1.07 bits per heavy atom. The molecule has 8 nitrogen and oxygen atoms in total. The Hall–Kier alpha value is -3.42. The van der Waals surface area contributed by atoms with E-state index in [1.54, 1.807) is 25.1 Å². The molecule has 0 aliphatic heterocycles. The Bertz CT molecular complexity index is 840. The number of esters is 1. The zero-order valence-electron chi connectivity index (χ0n) is 15.2. The fourth-order valence-corrected chi connectivity index (χ4v) is 2.41. The number of aryl methyl sites for hydroxylation is 1. The van der Waals surface area contributed by atoms with Crippen molar-refractivity contribution in [3.8, 4) is 23.0 Å². The number of amides is 1. The molecule has 0 saturated heterocycles. The van der Waals surface area contributed by atoms with Crippen molar-refractivity contribution >= 4 is 11.9 Å². The lowest BCUT2D eigenvalue weighted by atomic mass is 10.1. The molecule has 0 aromatic heterocycles. The summed E-state index contributed by atoms with van der Waals surface area (Å²) in [7, 11) is 2.85. The minimum atomic E-state index is -0.677. The first-order valence-corrected chi connectivity index (χ1v) is 8.06. The summed E-state index contributed by atoms with van der Waals surface area (Å²) in [6.45, 7) is 2.19. The first-order chi connectivity index (χ1) is 12.7. The van der Waals surface area contributed by atoms with E-state index < -0.39 is 29.1 Å². The fourth-order valence-electron chi connectivity index (χ4n) is 2.41. The quantitative estimate of drug-likeness (QED) is 0.522.